The van der Waals surface area contributed by atoms with Gasteiger partial charge in [0.2, 0.25) is 0 Å². The van der Waals surface area contributed by atoms with Gasteiger partial charge in [-0.05, 0) is 41.5 Å². The molecule has 158 valence electrons. The highest BCUT2D eigenvalue weighted by Gasteiger charge is 2.34. The van der Waals surface area contributed by atoms with E-state index in [9.17, 15) is 22.4 Å². The highest BCUT2D eigenvalue weighted by Crippen LogP contribution is 2.37. The topological polar surface area (TPSA) is 55.1 Å². The molecule has 0 amide bonds. The van der Waals surface area contributed by atoms with Gasteiger partial charge in [0.25, 0.3) is 0 Å². The second-order valence-corrected chi connectivity index (χ2v) is 7.22. The Kier molecular flexibility index (Phi) is 5.18. The maximum absolute atomic E-state index is 14.7. The predicted molar refractivity (Wildman–Crippen MR) is 107 cm³/mol. The number of hydrogen-bond donors (Lipinski definition) is 1. The fourth-order valence-corrected chi connectivity index (χ4v) is 3.72. The van der Waals surface area contributed by atoms with Crippen molar-refractivity contribution in [3.8, 4) is 5.82 Å². The Balaban J connectivity index is 1.89. The molecule has 0 unspecified atom stereocenters. The van der Waals surface area contributed by atoms with Gasteiger partial charge in [0.1, 0.15) is 11.6 Å². The van der Waals surface area contributed by atoms with Crippen LogP contribution in [0.25, 0.3) is 16.7 Å². The molecule has 0 aliphatic carbocycles. The molecule has 0 fully saturated rings. The zero-order chi connectivity index (χ0) is 22.3. The van der Waals surface area contributed by atoms with Gasteiger partial charge in [-0.15, -0.1) is 0 Å². The van der Waals surface area contributed by atoms with Gasteiger partial charge in [-0.2, -0.15) is 13.2 Å². The number of alkyl halides is 3. The minimum Gasteiger partial charge on any atom is -0.478 e. The molecule has 0 bridgehead atoms. The van der Waals surface area contributed by atoms with Crippen molar-refractivity contribution in [2.75, 3.05) is 0 Å². The van der Waals surface area contributed by atoms with Crippen molar-refractivity contribution in [1.29, 1.82) is 0 Å². The molecule has 2 aromatic heterocycles. The number of nitrogens with zero attached hydrogens (tertiary/aromatic N) is 2. The van der Waals surface area contributed by atoms with Gasteiger partial charge in [-0.3, -0.25) is 4.57 Å². The standard InChI is InChI=1S/C22H13ClF4N2O2/c23-17-5-2-4-16(22(25,26)27)15(17)9-13-11-29(20-14(13)3-1-6-18(20)24)19-8-7-12(10-28-19)21(30)31/h1-8,10-11H,9H2,(H,30,31). The number of pyridine rings is 1. The highest BCUT2D eigenvalue weighted by molar-refractivity contribution is 6.31. The summed E-state index contributed by atoms with van der Waals surface area (Å²) in [6.07, 6.45) is -2.17. The van der Waals surface area contributed by atoms with Gasteiger partial charge in [0.15, 0.2) is 0 Å². The third-order valence-corrected chi connectivity index (χ3v) is 5.25. The van der Waals surface area contributed by atoms with E-state index in [1.807, 2.05) is 0 Å². The number of carboxylic acids is 1. The van der Waals surface area contributed by atoms with Crippen LogP contribution in [0.4, 0.5) is 17.6 Å². The van der Waals surface area contributed by atoms with E-state index in [1.165, 1.54) is 47.2 Å². The highest BCUT2D eigenvalue weighted by atomic mass is 35.5. The Morgan fingerprint density at radius 2 is 1.84 bits per heavy atom. The fraction of sp³-hybridized carbons (Fsp3) is 0.0909. The summed E-state index contributed by atoms with van der Waals surface area (Å²) in [5.74, 6) is -1.54. The Morgan fingerprint density at radius 1 is 1.10 bits per heavy atom. The molecular formula is C22H13ClF4N2O2. The van der Waals surface area contributed by atoms with Crippen molar-refractivity contribution >= 4 is 28.5 Å². The second-order valence-electron chi connectivity index (χ2n) is 6.81. The summed E-state index contributed by atoms with van der Waals surface area (Å²) in [4.78, 5) is 15.1. The third-order valence-electron chi connectivity index (χ3n) is 4.89. The lowest BCUT2D eigenvalue weighted by molar-refractivity contribution is -0.138. The molecule has 0 saturated heterocycles. The molecule has 0 radical (unpaired) electrons. The van der Waals surface area contributed by atoms with Gasteiger partial charge in [0, 0.05) is 29.2 Å². The first kappa shape index (κ1) is 20.9. The van der Waals surface area contributed by atoms with Crippen molar-refractivity contribution in [2.45, 2.75) is 12.6 Å². The van der Waals surface area contributed by atoms with Crippen LogP contribution in [0.5, 0.6) is 0 Å². The van der Waals surface area contributed by atoms with E-state index < -0.39 is 23.5 Å². The minimum atomic E-state index is -4.60. The molecule has 0 aliphatic rings. The van der Waals surface area contributed by atoms with Crippen LogP contribution in [0.2, 0.25) is 5.02 Å². The Morgan fingerprint density at radius 3 is 2.48 bits per heavy atom. The van der Waals surface area contributed by atoms with Crippen LogP contribution < -0.4 is 0 Å². The van der Waals surface area contributed by atoms with Gasteiger partial charge < -0.3 is 5.11 Å². The first-order valence-corrected chi connectivity index (χ1v) is 9.37. The molecule has 2 aromatic carbocycles. The maximum atomic E-state index is 14.7. The Bertz CT molecular complexity index is 1300. The molecule has 2 heterocycles. The number of aromatic carboxylic acids is 1. The molecule has 1 N–H and O–H groups in total. The van der Waals surface area contributed by atoms with Crippen molar-refractivity contribution in [3.63, 3.8) is 0 Å². The van der Waals surface area contributed by atoms with E-state index in [-0.39, 0.29) is 33.9 Å². The summed E-state index contributed by atoms with van der Waals surface area (Å²) in [5, 5.41) is 9.39. The number of aromatic nitrogens is 2. The SMILES string of the molecule is O=C(O)c1ccc(-n2cc(Cc3c(Cl)cccc3C(F)(F)F)c3cccc(F)c32)nc1. The third kappa shape index (κ3) is 3.86. The number of rotatable bonds is 4. The monoisotopic (exact) mass is 448 g/mol. The fourth-order valence-electron chi connectivity index (χ4n) is 3.48. The van der Waals surface area contributed by atoms with Crippen LogP contribution in [0.3, 0.4) is 0 Å². The summed E-state index contributed by atoms with van der Waals surface area (Å²) >= 11 is 6.09. The number of benzene rings is 2. The van der Waals surface area contributed by atoms with Crippen molar-refractivity contribution in [3.05, 3.63) is 94.0 Å². The number of para-hydroxylation sites is 1. The molecule has 0 aliphatic heterocycles. The molecule has 0 atom stereocenters. The average Bonchev–Trinajstić information content (AvgIpc) is 3.08. The van der Waals surface area contributed by atoms with Gasteiger partial charge in [-0.1, -0.05) is 29.8 Å². The molecule has 4 rings (SSSR count). The molecule has 4 aromatic rings. The first-order chi connectivity index (χ1) is 14.7. The van der Waals surface area contributed by atoms with E-state index in [1.54, 1.807) is 6.07 Å². The average molecular weight is 449 g/mol. The molecule has 0 spiro atoms. The van der Waals surface area contributed by atoms with Crippen LogP contribution in [-0.4, -0.2) is 20.6 Å². The molecule has 9 heteroatoms. The van der Waals surface area contributed by atoms with Gasteiger partial charge in [-0.25, -0.2) is 14.2 Å². The summed E-state index contributed by atoms with van der Waals surface area (Å²) < 4.78 is 56.6. The summed E-state index contributed by atoms with van der Waals surface area (Å²) in [6.45, 7) is 0. The maximum Gasteiger partial charge on any atom is 0.416 e. The van der Waals surface area contributed by atoms with E-state index in [0.29, 0.717) is 10.9 Å². The second kappa shape index (κ2) is 7.70. The van der Waals surface area contributed by atoms with E-state index in [4.69, 9.17) is 16.7 Å². The number of hydrogen-bond acceptors (Lipinski definition) is 2. The van der Waals surface area contributed by atoms with Crippen molar-refractivity contribution < 1.29 is 27.5 Å². The van der Waals surface area contributed by atoms with Crippen LogP contribution in [0, 0.1) is 5.82 Å². The minimum absolute atomic E-state index is 0.0453. The van der Waals surface area contributed by atoms with Crippen LogP contribution in [0.15, 0.2) is 60.9 Å². The van der Waals surface area contributed by atoms with Crippen LogP contribution in [0.1, 0.15) is 27.0 Å². The van der Waals surface area contributed by atoms with E-state index in [0.717, 1.165) is 12.3 Å². The molecule has 31 heavy (non-hydrogen) atoms. The van der Waals surface area contributed by atoms with Gasteiger partial charge >= 0.3 is 12.1 Å². The summed E-state index contributed by atoms with van der Waals surface area (Å²) in [7, 11) is 0. The molecule has 4 nitrogen and oxygen atoms in total. The van der Waals surface area contributed by atoms with Crippen molar-refractivity contribution in [1.82, 2.24) is 9.55 Å². The van der Waals surface area contributed by atoms with Crippen LogP contribution >= 0.6 is 11.6 Å². The lowest BCUT2D eigenvalue weighted by atomic mass is 9.99. The quantitative estimate of drug-likeness (QED) is 0.382. The first-order valence-electron chi connectivity index (χ1n) is 8.99. The number of fused-ring (bicyclic) bond motifs is 1. The summed E-state index contributed by atoms with van der Waals surface area (Å²) in [5.41, 5.74) is -0.493. The van der Waals surface area contributed by atoms with E-state index >= 15 is 0 Å². The van der Waals surface area contributed by atoms with Crippen LogP contribution in [-0.2, 0) is 12.6 Å². The zero-order valence-electron chi connectivity index (χ0n) is 15.6. The number of carbonyl (C=O) groups is 1. The summed E-state index contributed by atoms with van der Waals surface area (Å²) in [6, 6.07) is 10.5. The largest absolute Gasteiger partial charge is 0.478 e. The van der Waals surface area contributed by atoms with Crippen molar-refractivity contribution in [2.24, 2.45) is 0 Å². The lowest BCUT2D eigenvalue weighted by Gasteiger charge is -2.14. The Hall–Kier alpha value is -3.39. The van der Waals surface area contributed by atoms with E-state index in [2.05, 4.69) is 4.98 Å². The lowest BCUT2D eigenvalue weighted by Crippen LogP contribution is -2.10. The predicted octanol–water partition coefficient (Wildman–Crippen LogP) is 6.13. The smallest absolute Gasteiger partial charge is 0.416 e. The zero-order valence-corrected chi connectivity index (χ0v) is 16.4. The molecule has 0 saturated carbocycles. The normalized spacial score (nSPS) is 11.8. The number of halogens is 5. The van der Waals surface area contributed by atoms with Gasteiger partial charge in [0.05, 0.1) is 16.6 Å². The molecular weight excluding hydrogens is 436 g/mol. The number of carboxylic acid groups (broad SMARTS) is 1. The Labute approximate surface area is 178 Å².